The molecule has 3 unspecified atom stereocenters. The van der Waals surface area contributed by atoms with E-state index < -0.39 is 0 Å². The van der Waals surface area contributed by atoms with Crippen molar-refractivity contribution in [3.63, 3.8) is 0 Å². The van der Waals surface area contributed by atoms with Crippen LogP contribution in [0.25, 0.3) is 0 Å². The molecule has 11 heavy (non-hydrogen) atoms. The molecule has 0 aromatic heterocycles. The zero-order valence-electron chi connectivity index (χ0n) is 7.34. The van der Waals surface area contributed by atoms with Crippen molar-refractivity contribution in [3.05, 3.63) is 12.7 Å². The van der Waals surface area contributed by atoms with Crippen LogP contribution in [0, 0.1) is 0 Å². The molecule has 0 radical (unpaired) electrons. The van der Waals surface area contributed by atoms with Crippen LogP contribution in [0.1, 0.15) is 20.3 Å². The first-order chi connectivity index (χ1) is 5.22. The van der Waals surface area contributed by atoms with Crippen LogP contribution in [0.4, 0.5) is 0 Å². The summed E-state index contributed by atoms with van der Waals surface area (Å²) in [6.07, 6.45) is 3.46. The van der Waals surface area contributed by atoms with Gasteiger partial charge in [0.25, 0.3) is 0 Å². The van der Waals surface area contributed by atoms with Crippen molar-refractivity contribution in [1.82, 2.24) is 5.32 Å². The van der Waals surface area contributed by atoms with E-state index in [-0.39, 0.29) is 0 Å². The van der Waals surface area contributed by atoms with E-state index in [0.717, 1.165) is 13.0 Å². The molecule has 1 N–H and O–H groups in total. The molecule has 2 nitrogen and oxygen atoms in total. The van der Waals surface area contributed by atoms with E-state index in [2.05, 4.69) is 25.7 Å². The molecule has 1 fully saturated rings. The average molecular weight is 155 g/mol. The second-order valence-electron chi connectivity index (χ2n) is 3.27. The number of ether oxygens (including phenoxy) is 1. The fourth-order valence-corrected chi connectivity index (χ4v) is 1.37. The lowest BCUT2D eigenvalue weighted by Crippen LogP contribution is -2.35. The van der Waals surface area contributed by atoms with Crippen molar-refractivity contribution < 1.29 is 4.74 Å². The maximum absolute atomic E-state index is 5.41. The number of nitrogens with one attached hydrogen (secondary N) is 1. The lowest BCUT2D eigenvalue weighted by Gasteiger charge is -2.14. The molecule has 64 valence electrons. The second kappa shape index (κ2) is 3.88. The molecule has 0 aromatic rings. The van der Waals surface area contributed by atoms with Crippen LogP contribution < -0.4 is 5.32 Å². The van der Waals surface area contributed by atoms with Crippen molar-refractivity contribution in [2.75, 3.05) is 6.61 Å². The van der Waals surface area contributed by atoms with Crippen molar-refractivity contribution in [3.8, 4) is 0 Å². The summed E-state index contributed by atoms with van der Waals surface area (Å²) in [5, 5.41) is 3.42. The van der Waals surface area contributed by atoms with Gasteiger partial charge in [-0.25, -0.2) is 0 Å². The summed E-state index contributed by atoms with van der Waals surface area (Å²) in [4.78, 5) is 0. The van der Waals surface area contributed by atoms with Crippen LogP contribution in [0.5, 0.6) is 0 Å². The van der Waals surface area contributed by atoms with Gasteiger partial charge in [0.15, 0.2) is 0 Å². The van der Waals surface area contributed by atoms with Crippen LogP contribution >= 0.6 is 0 Å². The highest BCUT2D eigenvalue weighted by molar-refractivity contribution is 4.86. The van der Waals surface area contributed by atoms with Gasteiger partial charge >= 0.3 is 0 Å². The minimum absolute atomic E-state index is 0.397. The van der Waals surface area contributed by atoms with Crippen molar-refractivity contribution in [2.24, 2.45) is 0 Å². The zero-order valence-corrected chi connectivity index (χ0v) is 7.34. The van der Waals surface area contributed by atoms with E-state index in [4.69, 9.17) is 4.74 Å². The summed E-state index contributed by atoms with van der Waals surface area (Å²) >= 11 is 0. The van der Waals surface area contributed by atoms with Crippen LogP contribution in [0.2, 0.25) is 0 Å². The van der Waals surface area contributed by atoms with E-state index in [1.807, 2.05) is 6.08 Å². The van der Waals surface area contributed by atoms with Gasteiger partial charge in [-0.1, -0.05) is 6.08 Å². The van der Waals surface area contributed by atoms with Gasteiger partial charge in [-0.15, -0.1) is 6.58 Å². The fourth-order valence-electron chi connectivity index (χ4n) is 1.37. The molecule has 0 saturated carbocycles. The Kier molecular flexibility index (Phi) is 3.09. The topological polar surface area (TPSA) is 21.3 Å². The van der Waals surface area contributed by atoms with Crippen LogP contribution in [0.3, 0.4) is 0 Å². The molecule has 1 aliphatic heterocycles. The van der Waals surface area contributed by atoms with E-state index in [9.17, 15) is 0 Å². The molecule has 0 aromatic carbocycles. The largest absolute Gasteiger partial charge is 0.377 e. The van der Waals surface area contributed by atoms with Crippen molar-refractivity contribution in [1.29, 1.82) is 0 Å². The lowest BCUT2D eigenvalue weighted by atomic mass is 10.2. The average Bonchev–Trinajstić information content (AvgIpc) is 2.35. The number of hydrogen-bond acceptors (Lipinski definition) is 2. The summed E-state index contributed by atoms with van der Waals surface area (Å²) < 4.78 is 5.41. The van der Waals surface area contributed by atoms with Gasteiger partial charge in [-0.2, -0.15) is 0 Å². The minimum Gasteiger partial charge on any atom is -0.377 e. The third-order valence-corrected chi connectivity index (χ3v) is 2.05. The monoisotopic (exact) mass is 155 g/mol. The van der Waals surface area contributed by atoms with Gasteiger partial charge in [0, 0.05) is 12.1 Å². The molecule has 0 amide bonds. The third-order valence-electron chi connectivity index (χ3n) is 2.05. The Morgan fingerprint density at radius 2 is 2.45 bits per heavy atom. The van der Waals surface area contributed by atoms with Crippen molar-refractivity contribution >= 4 is 0 Å². The van der Waals surface area contributed by atoms with E-state index in [0.29, 0.717) is 18.2 Å². The smallest absolute Gasteiger partial charge is 0.0624 e. The molecular weight excluding hydrogens is 138 g/mol. The predicted molar refractivity (Wildman–Crippen MR) is 46.6 cm³/mol. The Balaban J connectivity index is 2.22. The summed E-state index contributed by atoms with van der Waals surface area (Å²) in [6.45, 7) is 8.78. The lowest BCUT2D eigenvalue weighted by molar-refractivity contribution is 0.122. The molecule has 1 aliphatic rings. The number of rotatable bonds is 3. The second-order valence-corrected chi connectivity index (χ2v) is 3.27. The van der Waals surface area contributed by atoms with Gasteiger partial charge < -0.3 is 10.1 Å². The molecular formula is C9H17NO. The van der Waals surface area contributed by atoms with Gasteiger partial charge in [0.05, 0.1) is 12.7 Å². The van der Waals surface area contributed by atoms with Gasteiger partial charge in [-0.05, 0) is 20.3 Å². The molecule has 0 aliphatic carbocycles. The van der Waals surface area contributed by atoms with Gasteiger partial charge in [-0.3, -0.25) is 0 Å². The first-order valence-corrected chi connectivity index (χ1v) is 4.22. The van der Waals surface area contributed by atoms with Crippen LogP contribution in [0.15, 0.2) is 12.7 Å². The summed E-state index contributed by atoms with van der Waals surface area (Å²) in [5.41, 5.74) is 0. The molecule has 0 bridgehead atoms. The van der Waals surface area contributed by atoms with E-state index >= 15 is 0 Å². The summed E-state index contributed by atoms with van der Waals surface area (Å²) in [6, 6.07) is 0.923. The first-order valence-electron chi connectivity index (χ1n) is 4.22. The normalized spacial score (nSPS) is 33.6. The predicted octanol–water partition coefficient (Wildman–Crippen LogP) is 1.33. The Hall–Kier alpha value is -0.340. The number of hydrogen-bond donors (Lipinski definition) is 1. The van der Waals surface area contributed by atoms with Gasteiger partial charge in [0.2, 0.25) is 0 Å². The van der Waals surface area contributed by atoms with Gasteiger partial charge in [0.1, 0.15) is 0 Å². The van der Waals surface area contributed by atoms with E-state index in [1.165, 1.54) is 0 Å². The SMILES string of the molecule is C=CC(C)NC1COC(C)C1. The maximum Gasteiger partial charge on any atom is 0.0624 e. The molecule has 3 atom stereocenters. The van der Waals surface area contributed by atoms with E-state index in [1.54, 1.807) is 0 Å². The molecule has 1 heterocycles. The van der Waals surface area contributed by atoms with Crippen molar-refractivity contribution in [2.45, 2.75) is 38.5 Å². The maximum atomic E-state index is 5.41. The standard InChI is InChI=1S/C9H17NO/c1-4-7(2)10-9-5-8(3)11-6-9/h4,7-10H,1,5-6H2,2-3H3. The zero-order chi connectivity index (χ0) is 8.27. The molecule has 1 rings (SSSR count). The highest BCUT2D eigenvalue weighted by Crippen LogP contribution is 2.12. The quantitative estimate of drug-likeness (QED) is 0.621. The third kappa shape index (κ3) is 2.64. The Labute approximate surface area is 68.6 Å². The summed E-state index contributed by atoms with van der Waals surface area (Å²) in [7, 11) is 0. The first kappa shape index (κ1) is 8.75. The highest BCUT2D eigenvalue weighted by atomic mass is 16.5. The van der Waals surface area contributed by atoms with Crippen LogP contribution in [-0.4, -0.2) is 24.8 Å². The minimum atomic E-state index is 0.397. The molecule has 1 saturated heterocycles. The highest BCUT2D eigenvalue weighted by Gasteiger charge is 2.21. The Bertz CT molecular complexity index is 136. The molecule has 0 spiro atoms. The van der Waals surface area contributed by atoms with Crippen LogP contribution in [-0.2, 0) is 4.74 Å². The molecule has 2 heteroatoms. The Morgan fingerprint density at radius 1 is 1.73 bits per heavy atom. The summed E-state index contributed by atoms with van der Waals surface area (Å²) in [5.74, 6) is 0. The Morgan fingerprint density at radius 3 is 2.91 bits per heavy atom. The fraction of sp³-hybridized carbons (Fsp3) is 0.778.